The molecule has 0 aliphatic heterocycles. The van der Waals surface area contributed by atoms with Gasteiger partial charge in [0.2, 0.25) is 0 Å². The number of aryl methyl sites for hydroxylation is 1. The van der Waals surface area contributed by atoms with E-state index in [0.29, 0.717) is 0 Å². The highest BCUT2D eigenvalue weighted by Gasteiger charge is 2.12. The van der Waals surface area contributed by atoms with Crippen LogP contribution in [0, 0.1) is 6.92 Å². The quantitative estimate of drug-likeness (QED) is 0.569. The Morgan fingerprint density at radius 1 is 1.10 bits per heavy atom. The Balaban J connectivity index is 1.86. The lowest BCUT2D eigenvalue weighted by Crippen LogP contribution is -2.29. The first-order valence-corrected chi connectivity index (χ1v) is 6.99. The second-order valence-corrected chi connectivity index (χ2v) is 5.15. The summed E-state index contributed by atoms with van der Waals surface area (Å²) in [5, 5.41) is 1.15. The van der Waals surface area contributed by atoms with Crippen LogP contribution in [0.2, 0.25) is 0 Å². The maximum Gasteiger partial charge on any atom is 0.0705 e. The number of nitrogens with one attached hydrogen (secondary N) is 1. The number of nitrogens with two attached hydrogens (primary N) is 1. The van der Waals surface area contributed by atoms with Crippen LogP contribution in [0.3, 0.4) is 0 Å². The van der Waals surface area contributed by atoms with Crippen molar-refractivity contribution in [3.63, 3.8) is 0 Å². The van der Waals surface area contributed by atoms with Crippen LogP contribution < -0.4 is 11.3 Å². The zero-order chi connectivity index (χ0) is 14.7. The summed E-state index contributed by atoms with van der Waals surface area (Å²) in [6, 6.07) is 16.3. The van der Waals surface area contributed by atoms with Crippen molar-refractivity contribution in [2.24, 2.45) is 5.84 Å². The van der Waals surface area contributed by atoms with E-state index in [4.69, 9.17) is 10.8 Å². The van der Waals surface area contributed by atoms with Crippen LogP contribution in [0.5, 0.6) is 0 Å². The molecule has 3 N–H and O–H groups in total. The average molecular weight is 278 g/mol. The molecule has 2 heterocycles. The van der Waals surface area contributed by atoms with Gasteiger partial charge in [0.25, 0.3) is 0 Å². The molecule has 0 spiro atoms. The Morgan fingerprint density at radius 3 is 2.71 bits per heavy atom. The second kappa shape index (κ2) is 5.99. The first kappa shape index (κ1) is 13.7. The summed E-state index contributed by atoms with van der Waals surface area (Å²) < 4.78 is 0. The number of nitrogens with zero attached hydrogens (tertiary/aromatic N) is 2. The van der Waals surface area contributed by atoms with Gasteiger partial charge in [-0.05, 0) is 30.7 Å². The molecule has 4 heteroatoms. The van der Waals surface area contributed by atoms with Gasteiger partial charge < -0.3 is 0 Å². The first-order chi connectivity index (χ1) is 10.3. The fourth-order valence-electron chi connectivity index (χ4n) is 2.39. The Hall–Kier alpha value is -2.30. The number of fused-ring (bicyclic) bond motifs is 1. The van der Waals surface area contributed by atoms with Crippen molar-refractivity contribution in [2.75, 3.05) is 0 Å². The van der Waals surface area contributed by atoms with Gasteiger partial charge in [-0.1, -0.05) is 30.3 Å². The Bertz CT molecular complexity index is 737. The maximum absolute atomic E-state index is 5.70. The minimum absolute atomic E-state index is 0.00626. The van der Waals surface area contributed by atoms with Crippen LogP contribution >= 0.6 is 0 Å². The lowest BCUT2D eigenvalue weighted by atomic mass is 10.0. The molecular formula is C17H18N4. The summed E-state index contributed by atoms with van der Waals surface area (Å²) in [6.07, 6.45) is 2.59. The summed E-state index contributed by atoms with van der Waals surface area (Å²) in [5.74, 6) is 5.70. The summed E-state index contributed by atoms with van der Waals surface area (Å²) in [4.78, 5) is 9.01. The number of para-hydroxylation sites is 1. The van der Waals surface area contributed by atoms with Crippen LogP contribution in [0.1, 0.15) is 23.0 Å². The molecule has 0 radical (unpaired) electrons. The number of hydrogen-bond donors (Lipinski definition) is 2. The van der Waals surface area contributed by atoms with Gasteiger partial charge in [-0.25, -0.2) is 0 Å². The van der Waals surface area contributed by atoms with Crippen molar-refractivity contribution in [2.45, 2.75) is 19.4 Å². The van der Waals surface area contributed by atoms with E-state index >= 15 is 0 Å². The van der Waals surface area contributed by atoms with E-state index in [2.05, 4.69) is 22.5 Å². The van der Waals surface area contributed by atoms with Gasteiger partial charge in [0, 0.05) is 29.4 Å². The van der Waals surface area contributed by atoms with Crippen molar-refractivity contribution < 1.29 is 0 Å². The molecule has 21 heavy (non-hydrogen) atoms. The molecule has 3 rings (SSSR count). The predicted molar refractivity (Wildman–Crippen MR) is 84.5 cm³/mol. The summed E-state index contributed by atoms with van der Waals surface area (Å²) in [5.41, 5.74) is 6.94. The largest absolute Gasteiger partial charge is 0.271 e. The number of hydrogen-bond acceptors (Lipinski definition) is 4. The van der Waals surface area contributed by atoms with Crippen LogP contribution in [-0.2, 0) is 6.42 Å². The fourth-order valence-corrected chi connectivity index (χ4v) is 2.39. The minimum Gasteiger partial charge on any atom is -0.271 e. The van der Waals surface area contributed by atoms with Crippen LogP contribution in [0.15, 0.2) is 54.7 Å². The predicted octanol–water partition coefficient (Wildman–Crippen LogP) is 2.69. The standard InChI is InChI=1S/C17H18N4/c1-12-6-7-14(11-19-12)17(21-18)10-15-9-8-13-4-2-3-5-16(13)20-15/h2-9,11,17,21H,10,18H2,1H3. The van der Waals surface area contributed by atoms with Gasteiger partial charge >= 0.3 is 0 Å². The molecule has 1 atom stereocenters. The first-order valence-electron chi connectivity index (χ1n) is 6.99. The molecule has 0 aliphatic rings. The molecule has 0 aliphatic carbocycles. The number of benzene rings is 1. The molecule has 0 saturated carbocycles. The molecule has 0 saturated heterocycles. The van der Waals surface area contributed by atoms with Crippen molar-refractivity contribution in [1.82, 2.24) is 15.4 Å². The fraction of sp³-hybridized carbons (Fsp3) is 0.176. The highest BCUT2D eigenvalue weighted by molar-refractivity contribution is 5.78. The van der Waals surface area contributed by atoms with E-state index in [1.54, 1.807) is 0 Å². The highest BCUT2D eigenvalue weighted by atomic mass is 15.2. The van der Waals surface area contributed by atoms with Crippen molar-refractivity contribution >= 4 is 10.9 Å². The normalized spacial score (nSPS) is 12.5. The molecule has 0 amide bonds. The van der Waals surface area contributed by atoms with Crippen LogP contribution in [-0.4, -0.2) is 9.97 Å². The zero-order valence-corrected chi connectivity index (χ0v) is 12.0. The number of rotatable bonds is 4. The molecule has 3 aromatic rings. The van der Waals surface area contributed by atoms with Gasteiger partial charge in [-0.2, -0.15) is 0 Å². The lowest BCUT2D eigenvalue weighted by molar-refractivity contribution is 0.545. The topological polar surface area (TPSA) is 63.8 Å². The Kier molecular flexibility index (Phi) is 3.90. The third-order valence-corrected chi connectivity index (χ3v) is 3.61. The molecular weight excluding hydrogens is 260 g/mol. The van der Waals surface area contributed by atoms with E-state index in [1.165, 1.54) is 0 Å². The van der Waals surface area contributed by atoms with Gasteiger partial charge in [0.15, 0.2) is 0 Å². The van der Waals surface area contributed by atoms with Crippen LogP contribution in [0.25, 0.3) is 10.9 Å². The van der Waals surface area contributed by atoms with E-state index < -0.39 is 0 Å². The van der Waals surface area contributed by atoms with Crippen molar-refractivity contribution in [3.8, 4) is 0 Å². The van der Waals surface area contributed by atoms with Gasteiger partial charge in [0.1, 0.15) is 0 Å². The Labute approximate surface area is 124 Å². The molecule has 2 aromatic heterocycles. The average Bonchev–Trinajstić information content (AvgIpc) is 2.53. The van der Waals surface area contributed by atoms with Gasteiger partial charge in [-0.3, -0.25) is 21.2 Å². The van der Waals surface area contributed by atoms with E-state index in [1.807, 2.05) is 49.5 Å². The zero-order valence-electron chi connectivity index (χ0n) is 12.0. The molecule has 1 aromatic carbocycles. The number of hydrazine groups is 1. The third-order valence-electron chi connectivity index (χ3n) is 3.61. The highest BCUT2D eigenvalue weighted by Crippen LogP contribution is 2.18. The minimum atomic E-state index is 0.00626. The SMILES string of the molecule is Cc1ccc(C(Cc2ccc3ccccc3n2)NN)cn1. The van der Waals surface area contributed by atoms with Gasteiger partial charge in [0.05, 0.1) is 11.6 Å². The monoisotopic (exact) mass is 278 g/mol. The molecule has 4 nitrogen and oxygen atoms in total. The van der Waals surface area contributed by atoms with Gasteiger partial charge in [-0.15, -0.1) is 0 Å². The lowest BCUT2D eigenvalue weighted by Gasteiger charge is -2.16. The molecule has 0 bridgehead atoms. The number of pyridine rings is 2. The maximum atomic E-state index is 5.70. The number of aromatic nitrogens is 2. The molecule has 0 fully saturated rings. The van der Waals surface area contributed by atoms with Crippen molar-refractivity contribution in [3.05, 3.63) is 71.7 Å². The summed E-state index contributed by atoms with van der Waals surface area (Å²) in [6.45, 7) is 1.97. The Morgan fingerprint density at radius 2 is 1.95 bits per heavy atom. The summed E-state index contributed by atoms with van der Waals surface area (Å²) >= 11 is 0. The van der Waals surface area contributed by atoms with E-state index in [-0.39, 0.29) is 6.04 Å². The van der Waals surface area contributed by atoms with Crippen LogP contribution in [0.4, 0.5) is 0 Å². The van der Waals surface area contributed by atoms with Crippen molar-refractivity contribution in [1.29, 1.82) is 0 Å². The summed E-state index contributed by atoms with van der Waals surface area (Å²) in [7, 11) is 0. The molecule has 1 unspecified atom stereocenters. The second-order valence-electron chi connectivity index (χ2n) is 5.15. The third kappa shape index (κ3) is 3.07. The smallest absolute Gasteiger partial charge is 0.0705 e. The van der Waals surface area contributed by atoms with E-state index in [9.17, 15) is 0 Å². The van der Waals surface area contributed by atoms with E-state index in [0.717, 1.165) is 34.3 Å². The molecule has 106 valence electrons.